The van der Waals surface area contributed by atoms with Crippen LogP contribution in [-0.4, -0.2) is 36.8 Å². The lowest BCUT2D eigenvalue weighted by Gasteiger charge is -2.13. The van der Waals surface area contributed by atoms with Gasteiger partial charge in [0.15, 0.2) is 0 Å². The molecule has 1 aliphatic heterocycles. The molecular weight excluding hydrogens is 318 g/mol. The Hall–Kier alpha value is -2.60. The molecule has 1 saturated heterocycles. The van der Waals surface area contributed by atoms with Crippen LogP contribution in [0.3, 0.4) is 0 Å². The van der Waals surface area contributed by atoms with E-state index in [0.717, 1.165) is 30.9 Å². The van der Waals surface area contributed by atoms with Crippen molar-refractivity contribution >= 4 is 17.4 Å². The molecule has 2 heterocycles. The van der Waals surface area contributed by atoms with Crippen LogP contribution in [0.4, 0.5) is 11.5 Å². The predicted octanol–water partition coefficient (Wildman–Crippen LogP) is 3.13. The molecule has 1 amide bonds. The first-order chi connectivity index (χ1) is 12.3. The van der Waals surface area contributed by atoms with Crippen LogP contribution in [0.15, 0.2) is 42.6 Å². The highest BCUT2D eigenvalue weighted by atomic mass is 16.5. The number of hydrogen-bond donors (Lipinski definition) is 2. The summed E-state index contributed by atoms with van der Waals surface area (Å²) >= 11 is 0. The first-order valence-electron chi connectivity index (χ1n) is 8.61. The molecule has 132 valence electrons. The molecule has 2 aromatic rings. The molecule has 3 rings (SSSR count). The lowest BCUT2D eigenvalue weighted by molar-refractivity contribution is 0.0858. The summed E-state index contributed by atoms with van der Waals surface area (Å²) in [6, 6.07) is 11.1. The molecule has 1 aromatic heterocycles. The smallest absolute Gasteiger partial charge is 0.255 e. The minimum absolute atomic E-state index is 0.114. The Morgan fingerprint density at radius 1 is 1.32 bits per heavy atom. The van der Waals surface area contributed by atoms with E-state index < -0.39 is 0 Å². The molecule has 6 heteroatoms. The highest BCUT2D eigenvalue weighted by Gasteiger charge is 2.18. The van der Waals surface area contributed by atoms with Crippen LogP contribution in [0.1, 0.15) is 30.1 Å². The molecule has 1 fully saturated rings. The highest BCUT2D eigenvalue weighted by Crippen LogP contribution is 2.21. The van der Waals surface area contributed by atoms with E-state index in [0.29, 0.717) is 24.5 Å². The third kappa shape index (κ3) is 4.70. The summed E-state index contributed by atoms with van der Waals surface area (Å²) in [5.41, 5.74) is 1.35. The zero-order valence-corrected chi connectivity index (χ0v) is 14.3. The number of anilines is 2. The van der Waals surface area contributed by atoms with Gasteiger partial charge in [0.1, 0.15) is 11.6 Å². The van der Waals surface area contributed by atoms with Crippen LogP contribution in [0.25, 0.3) is 0 Å². The van der Waals surface area contributed by atoms with Gasteiger partial charge in [-0.25, -0.2) is 4.98 Å². The van der Waals surface area contributed by atoms with Crippen LogP contribution < -0.4 is 15.4 Å². The number of rotatable bonds is 7. The number of amides is 1. The Labute approximate surface area is 147 Å². The van der Waals surface area contributed by atoms with Gasteiger partial charge in [-0.15, -0.1) is 0 Å². The van der Waals surface area contributed by atoms with Crippen molar-refractivity contribution in [3.8, 4) is 5.75 Å². The quantitative estimate of drug-likeness (QED) is 0.809. The summed E-state index contributed by atoms with van der Waals surface area (Å²) in [4.78, 5) is 16.8. The number of carbonyl (C=O) groups excluding carboxylic acids is 1. The molecule has 0 aliphatic carbocycles. The fraction of sp³-hybridized carbons (Fsp3) is 0.368. The Bertz CT molecular complexity index is 697. The van der Waals surface area contributed by atoms with E-state index in [9.17, 15) is 4.79 Å². The first kappa shape index (κ1) is 17.2. The van der Waals surface area contributed by atoms with Gasteiger partial charge in [-0.2, -0.15) is 0 Å². The van der Waals surface area contributed by atoms with Crippen molar-refractivity contribution in [2.45, 2.75) is 25.9 Å². The lowest BCUT2D eigenvalue weighted by atomic mass is 10.2. The number of nitrogens with one attached hydrogen (secondary N) is 2. The van der Waals surface area contributed by atoms with Crippen LogP contribution in [0.5, 0.6) is 5.75 Å². The minimum atomic E-state index is -0.156. The Morgan fingerprint density at radius 3 is 2.88 bits per heavy atom. The van der Waals surface area contributed by atoms with Crippen LogP contribution >= 0.6 is 0 Å². The van der Waals surface area contributed by atoms with Crippen molar-refractivity contribution in [2.24, 2.45) is 0 Å². The van der Waals surface area contributed by atoms with Gasteiger partial charge in [-0.05, 0) is 56.2 Å². The molecule has 0 bridgehead atoms. The second-order valence-corrected chi connectivity index (χ2v) is 5.83. The molecular formula is C19H23N3O3. The predicted molar refractivity (Wildman–Crippen MR) is 96.4 cm³/mol. The zero-order chi connectivity index (χ0) is 17.5. The van der Waals surface area contributed by atoms with Crippen LogP contribution in [0, 0.1) is 0 Å². The van der Waals surface area contributed by atoms with E-state index in [-0.39, 0.29) is 12.0 Å². The Kier molecular flexibility index (Phi) is 5.85. The van der Waals surface area contributed by atoms with E-state index >= 15 is 0 Å². The van der Waals surface area contributed by atoms with Crippen molar-refractivity contribution in [3.63, 3.8) is 0 Å². The van der Waals surface area contributed by atoms with Crippen LogP contribution in [-0.2, 0) is 4.74 Å². The van der Waals surface area contributed by atoms with Crippen molar-refractivity contribution in [2.75, 3.05) is 25.1 Å². The normalized spacial score (nSPS) is 16.4. The number of pyridine rings is 1. The third-order valence-corrected chi connectivity index (χ3v) is 3.99. The van der Waals surface area contributed by atoms with Gasteiger partial charge >= 0.3 is 0 Å². The molecule has 0 saturated carbocycles. The monoisotopic (exact) mass is 341 g/mol. The summed E-state index contributed by atoms with van der Waals surface area (Å²) in [6.07, 6.45) is 3.82. The lowest BCUT2D eigenvalue weighted by Crippen LogP contribution is -2.32. The maximum Gasteiger partial charge on any atom is 0.255 e. The number of carbonyl (C=O) groups is 1. The van der Waals surface area contributed by atoms with Gasteiger partial charge in [0, 0.05) is 25.0 Å². The standard InChI is InChI=1S/C19H23N3O3/c1-2-24-15-9-7-14(8-10-15)22-18-17(6-3-11-20-18)19(23)21-13-16-5-4-12-25-16/h3,6-11,16H,2,4-5,12-13H2,1H3,(H,20,22)(H,21,23). The number of benzene rings is 1. The summed E-state index contributed by atoms with van der Waals surface area (Å²) in [7, 11) is 0. The van der Waals surface area contributed by atoms with E-state index in [1.165, 1.54) is 0 Å². The number of hydrogen-bond acceptors (Lipinski definition) is 5. The van der Waals surface area contributed by atoms with Gasteiger partial charge in [0.05, 0.1) is 18.3 Å². The summed E-state index contributed by atoms with van der Waals surface area (Å²) < 4.78 is 11.0. The number of nitrogens with zero attached hydrogens (tertiary/aromatic N) is 1. The molecule has 0 spiro atoms. The van der Waals surface area contributed by atoms with Crippen molar-refractivity contribution in [1.82, 2.24) is 10.3 Å². The first-order valence-corrected chi connectivity index (χ1v) is 8.61. The Balaban J connectivity index is 1.66. The maximum absolute atomic E-state index is 12.5. The van der Waals surface area contributed by atoms with Gasteiger partial charge in [-0.1, -0.05) is 0 Å². The van der Waals surface area contributed by atoms with Gasteiger partial charge in [0.2, 0.25) is 0 Å². The van der Waals surface area contributed by atoms with Gasteiger partial charge in [-0.3, -0.25) is 4.79 Å². The molecule has 1 unspecified atom stereocenters. The third-order valence-electron chi connectivity index (χ3n) is 3.99. The zero-order valence-electron chi connectivity index (χ0n) is 14.3. The van der Waals surface area contributed by atoms with Crippen LogP contribution in [0.2, 0.25) is 0 Å². The second kappa shape index (κ2) is 8.48. The molecule has 25 heavy (non-hydrogen) atoms. The van der Waals surface area contributed by atoms with Gasteiger partial charge in [0.25, 0.3) is 5.91 Å². The largest absolute Gasteiger partial charge is 0.494 e. The minimum Gasteiger partial charge on any atom is -0.494 e. The SMILES string of the molecule is CCOc1ccc(Nc2ncccc2C(=O)NCC2CCCO2)cc1. The summed E-state index contributed by atoms with van der Waals surface area (Å²) in [6.45, 7) is 3.87. The van der Waals surface area contributed by atoms with Gasteiger partial charge < -0.3 is 20.1 Å². The molecule has 0 radical (unpaired) electrons. The van der Waals surface area contributed by atoms with E-state index in [1.807, 2.05) is 31.2 Å². The fourth-order valence-corrected chi connectivity index (χ4v) is 2.73. The number of aromatic nitrogens is 1. The number of ether oxygens (including phenoxy) is 2. The Morgan fingerprint density at radius 2 is 2.16 bits per heavy atom. The second-order valence-electron chi connectivity index (χ2n) is 5.83. The molecule has 1 aliphatic rings. The molecule has 6 nitrogen and oxygen atoms in total. The topological polar surface area (TPSA) is 72.5 Å². The maximum atomic E-state index is 12.5. The van der Waals surface area contributed by atoms with Crippen molar-refractivity contribution in [3.05, 3.63) is 48.2 Å². The van der Waals surface area contributed by atoms with Crippen molar-refractivity contribution in [1.29, 1.82) is 0 Å². The average molecular weight is 341 g/mol. The average Bonchev–Trinajstić information content (AvgIpc) is 3.16. The molecule has 1 aromatic carbocycles. The van der Waals surface area contributed by atoms with E-state index in [4.69, 9.17) is 9.47 Å². The molecule has 2 N–H and O–H groups in total. The summed E-state index contributed by atoms with van der Waals surface area (Å²) in [5.74, 6) is 1.18. The molecule has 1 atom stereocenters. The highest BCUT2D eigenvalue weighted by molar-refractivity contribution is 5.99. The van der Waals surface area contributed by atoms with E-state index in [2.05, 4.69) is 15.6 Å². The van der Waals surface area contributed by atoms with E-state index in [1.54, 1.807) is 18.3 Å². The fourth-order valence-electron chi connectivity index (χ4n) is 2.73. The summed E-state index contributed by atoms with van der Waals surface area (Å²) in [5, 5.41) is 6.12. The van der Waals surface area contributed by atoms with Crippen molar-refractivity contribution < 1.29 is 14.3 Å².